The predicted molar refractivity (Wildman–Crippen MR) is 77.5 cm³/mol. The van der Waals surface area contributed by atoms with E-state index in [-0.39, 0.29) is 0 Å². The molecule has 0 spiro atoms. The van der Waals surface area contributed by atoms with E-state index in [1.165, 1.54) is 31.2 Å². The van der Waals surface area contributed by atoms with Gasteiger partial charge in [0.1, 0.15) is 0 Å². The van der Waals surface area contributed by atoms with Crippen LogP contribution in [0.5, 0.6) is 0 Å². The van der Waals surface area contributed by atoms with E-state index in [0.29, 0.717) is 6.04 Å². The second kappa shape index (κ2) is 6.21. The molecule has 0 aliphatic heterocycles. The minimum absolute atomic E-state index is 0.440. The van der Waals surface area contributed by atoms with Gasteiger partial charge in [-0.2, -0.15) is 0 Å². The van der Waals surface area contributed by atoms with Crippen molar-refractivity contribution < 1.29 is 0 Å². The molecule has 3 heteroatoms. The molecule has 1 aromatic carbocycles. The summed E-state index contributed by atoms with van der Waals surface area (Å²) in [6, 6.07) is 6.51. The van der Waals surface area contributed by atoms with Crippen molar-refractivity contribution >= 4 is 27.5 Å². The topological polar surface area (TPSA) is 12.0 Å². The van der Waals surface area contributed by atoms with Crippen LogP contribution >= 0.6 is 27.5 Å². The lowest BCUT2D eigenvalue weighted by atomic mass is 10.0. The van der Waals surface area contributed by atoms with E-state index in [1.54, 1.807) is 0 Å². The minimum Gasteiger partial charge on any atom is -0.310 e. The van der Waals surface area contributed by atoms with Crippen LogP contribution in [0.3, 0.4) is 0 Å². The fraction of sp³-hybridized carbons (Fsp3) is 0.571. The van der Waals surface area contributed by atoms with Gasteiger partial charge in [-0.15, -0.1) is 0 Å². The maximum atomic E-state index is 6.10. The zero-order valence-corrected chi connectivity index (χ0v) is 12.5. The average Bonchev–Trinajstić information content (AvgIpc) is 3.11. The summed E-state index contributed by atoms with van der Waals surface area (Å²) < 4.78 is 1.16. The van der Waals surface area contributed by atoms with Crippen LogP contribution in [0, 0.1) is 5.92 Å². The first-order valence-electron chi connectivity index (χ1n) is 6.39. The third-order valence-corrected chi connectivity index (χ3v) is 4.20. The Morgan fingerprint density at radius 2 is 2.24 bits per heavy atom. The van der Waals surface area contributed by atoms with Gasteiger partial charge in [0.15, 0.2) is 0 Å². The summed E-state index contributed by atoms with van der Waals surface area (Å²) >= 11 is 9.73. The van der Waals surface area contributed by atoms with Gasteiger partial charge in [0, 0.05) is 15.5 Å². The highest BCUT2D eigenvalue weighted by atomic mass is 79.9. The standard InChI is InChI=1S/C14H19BrClN/c1-2-7-17-14(8-10-3-4-10)12-9-11(16)5-6-13(12)15/h5-6,9-10,14,17H,2-4,7-8H2,1H3. The van der Waals surface area contributed by atoms with Crippen molar-refractivity contribution in [1.29, 1.82) is 0 Å². The van der Waals surface area contributed by atoms with Crippen molar-refractivity contribution in [2.75, 3.05) is 6.54 Å². The number of nitrogens with one attached hydrogen (secondary N) is 1. The summed E-state index contributed by atoms with van der Waals surface area (Å²) in [6.07, 6.45) is 5.18. The highest BCUT2D eigenvalue weighted by molar-refractivity contribution is 9.10. The number of hydrogen-bond acceptors (Lipinski definition) is 1. The Kier molecular flexibility index (Phi) is 4.89. The normalized spacial score (nSPS) is 17.1. The van der Waals surface area contributed by atoms with E-state index in [0.717, 1.165) is 22.0 Å². The lowest BCUT2D eigenvalue weighted by molar-refractivity contribution is 0.472. The summed E-state index contributed by atoms with van der Waals surface area (Å²) in [5.74, 6) is 0.912. The lowest BCUT2D eigenvalue weighted by Crippen LogP contribution is -2.23. The molecule has 0 amide bonds. The number of halogens is 2. The number of hydrogen-bond donors (Lipinski definition) is 1. The predicted octanol–water partition coefficient (Wildman–Crippen LogP) is 4.94. The van der Waals surface area contributed by atoms with Gasteiger partial charge in [-0.05, 0) is 49.1 Å². The molecule has 2 rings (SSSR count). The van der Waals surface area contributed by atoms with Crippen molar-refractivity contribution in [3.8, 4) is 0 Å². The van der Waals surface area contributed by atoms with Crippen LogP contribution in [0.4, 0.5) is 0 Å². The van der Waals surface area contributed by atoms with Crippen LogP contribution in [0.1, 0.15) is 44.2 Å². The Morgan fingerprint density at radius 1 is 1.47 bits per heavy atom. The third kappa shape index (κ3) is 3.97. The number of rotatable bonds is 6. The molecule has 0 radical (unpaired) electrons. The van der Waals surface area contributed by atoms with E-state index in [4.69, 9.17) is 11.6 Å². The molecule has 17 heavy (non-hydrogen) atoms. The van der Waals surface area contributed by atoms with Crippen LogP contribution in [0.2, 0.25) is 5.02 Å². The molecule has 0 saturated heterocycles. The van der Waals surface area contributed by atoms with Gasteiger partial charge in [-0.3, -0.25) is 0 Å². The van der Waals surface area contributed by atoms with Crippen LogP contribution in [0.15, 0.2) is 22.7 Å². The first-order valence-corrected chi connectivity index (χ1v) is 7.56. The number of benzene rings is 1. The quantitative estimate of drug-likeness (QED) is 0.783. The molecule has 1 nitrogen and oxygen atoms in total. The molecule has 0 aromatic heterocycles. The monoisotopic (exact) mass is 315 g/mol. The molecule has 1 saturated carbocycles. The highest BCUT2D eigenvalue weighted by Crippen LogP contribution is 2.39. The van der Waals surface area contributed by atoms with E-state index < -0.39 is 0 Å². The largest absolute Gasteiger partial charge is 0.310 e. The zero-order valence-electron chi connectivity index (χ0n) is 10.2. The van der Waals surface area contributed by atoms with E-state index in [2.05, 4.69) is 34.2 Å². The molecule has 1 N–H and O–H groups in total. The first-order chi connectivity index (χ1) is 8.20. The summed E-state index contributed by atoms with van der Waals surface area (Å²) in [6.45, 7) is 3.27. The van der Waals surface area contributed by atoms with Crippen molar-refractivity contribution in [2.45, 2.75) is 38.6 Å². The zero-order chi connectivity index (χ0) is 12.3. The summed E-state index contributed by atoms with van der Waals surface area (Å²) in [4.78, 5) is 0. The molecule has 1 atom stereocenters. The molecular formula is C14H19BrClN. The second-order valence-electron chi connectivity index (χ2n) is 4.85. The second-order valence-corrected chi connectivity index (χ2v) is 6.14. The Labute approximate surface area is 117 Å². The van der Waals surface area contributed by atoms with Gasteiger partial charge < -0.3 is 5.32 Å². The maximum absolute atomic E-state index is 6.10. The molecule has 1 aliphatic carbocycles. The SMILES string of the molecule is CCCNC(CC1CC1)c1cc(Cl)ccc1Br. The first kappa shape index (κ1) is 13.4. The van der Waals surface area contributed by atoms with E-state index in [9.17, 15) is 0 Å². The van der Waals surface area contributed by atoms with E-state index >= 15 is 0 Å². The van der Waals surface area contributed by atoms with Gasteiger partial charge in [-0.1, -0.05) is 47.3 Å². The summed E-state index contributed by atoms with van der Waals surface area (Å²) in [5.41, 5.74) is 1.30. The summed E-state index contributed by atoms with van der Waals surface area (Å²) in [5, 5.41) is 4.46. The highest BCUT2D eigenvalue weighted by Gasteiger charge is 2.26. The molecule has 1 aromatic rings. The van der Waals surface area contributed by atoms with Crippen LogP contribution in [-0.4, -0.2) is 6.54 Å². The van der Waals surface area contributed by atoms with Crippen molar-refractivity contribution in [1.82, 2.24) is 5.32 Å². The van der Waals surface area contributed by atoms with Gasteiger partial charge in [-0.25, -0.2) is 0 Å². The molecule has 0 bridgehead atoms. The molecule has 94 valence electrons. The Bertz CT molecular complexity index is 376. The maximum Gasteiger partial charge on any atom is 0.0410 e. The minimum atomic E-state index is 0.440. The molecule has 1 unspecified atom stereocenters. The van der Waals surface area contributed by atoms with Crippen molar-refractivity contribution in [3.05, 3.63) is 33.3 Å². The van der Waals surface area contributed by atoms with Crippen molar-refractivity contribution in [3.63, 3.8) is 0 Å². The smallest absolute Gasteiger partial charge is 0.0410 e. The molecule has 1 fully saturated rings. The van der Waals surface area contributed by atoms with Gasteiger partial charge in [0.25, 0.3) is 0 Å². The average molecular weight is 317 g/mol. The van der Waals surface area contributed by atoms with Crippen LogP contribution in [0.25, 0.3) is 0 Å². The molecule has 1 aliphatic rings. The van der Waals surface area contributed by atoms with Crippen LogP contribution in [-0.2, 0) is 0 Å². The summed E-state index contributed by atoms with van der Waals surface area (Å²) in [7, 11) is 0. The third-order valence-electron chi connectivity index (χ3n) is 3.24. The Hall–Kier alpha value is -0.0500. The fourth-order valence-corrected chi connectivity index (χ4v) is 2.81. The molecule has 0 heterocycles. The van der Waals surface area contributed by atoms with Gasteiger partial charge >= 0.3 is 0 Å². The van der Waals surface area contributed by atoms with Crippen LogP contribution < -0.4 is 5.32 Å². The Balaban J connectivity index is 2.13. The Morgan fingerprint density at radius 3 is 2.88 bits per heavy atom. The van der Waals surface area contributed by atoms with Crippen molar-refractivity contribution in [2.24, 2.45) is 5.92 Å². The van der Waals surface area contributed by atoms with Gasteiger partial charge in [0.2, 0.25) is 0 Å². The van der Waals surface area contributed by atoms with E-state index in [1.807, 2.05) is 12.1 Å². The fourth-order valence-electron chi connectivity index (χ4n) is 2.11. The molecular weight excluding hydrogens is 298 g/mol. The lowest BCUT2D eigenvalue weighted by Gasteiger charge is -2.20. The van der Waals surface area contributed by atoms with Gasteiger partial charge in [0.05, 0.1) is 0 Å².